The van der Waals surface area contributed by atoms with Gasteiger partial charge in [0.2, 0.25) is 0 Å². The second kappa shape index (κ2) is 7.59. The van der Waals surface area contributed by atoms with Crippen LogP contribution >= 0.6 is 0 Å². The number of carbonyl (C=O) groups excluding carboxylic acids is 1. The third-order valence-corrected chi connectivity index (χ3v) is 3.53. The third kappa shape index (κ3) is 4.32. The summed E-state index contributed by atoms with van der Waals surface area (Å²) in [5.74, 6) is -0.651. The maximum absolute atomic E-state index is 13.1. The van der Waals surface area contributed by atoms with Gasteiger partial charge in [0.05, 0.1) is 0 Å². The van der Waals surface area contributed by atoms with Gasteiger partial charge in [0.1, 0.15) is 5.82 Å². The van der Waals surface area contributed by atoms with E-state index in [1.54, 1.807) is 6.07 Å². The van der Waals surface area contributed by atoms with Crippen LogP contribution in [0.15, 0.2) is 48.5 Å². The fourth-order valence-electron chi connectivity index (χ4n) is 2.26. The van der Waals surface area contributed by atoms with E-state index in [-0.39, 0.29) is 5.91 Å². The molecule has 0 aliphatic carbocycles. The predicted octanol–water partition coefficient (Wildman–Crippen LogP) is 3.39. The van der Waals surface area contributed by atoms with E-state index < -0.39 is 5.82 Å². The number of carbonyl (C=O) groups is 1. The lowest BCUT2D eigenvalue weighted by Crippen LogP contribution is -2.35. The molecule has 0 spiro atoms. The molecule has 0 bridgehead atoms. The number of anilines is 1. The fourth-order valence-corrected chi connectivity index (χ4v) is 2.26. The number of rotatable bonds is 6. The number of nitrogens with one attached hydrogen (secondary N) is 1. The van der Waals surface area contributed by atoms with Gasteiger partial charge in [0.15, 0.2) is 0 Å². The average molecular weight is 300 g/mol. The summed E-state index contributed by atoms with van der Waals surface area (Å²) in [6, 6.07) is 14.0. The van der Waals surface area contributed by atoms with Crippen molar-refractivity contribution < 1.29 is 9.18 Å². The molecule has 0 aliphatic rings. The van der Waals surface area contributed by atoms with Crippen molar-refractivity contribution in [2.24, 2.45) is 0 Å². The molecule has 1 N–H and O–H groups in total. The molecule has 116 valence electrons. The molecule has 2 rings (SSSR count). The van der Waals surface area contributed by atoms with Crippen LogP contribution in [0.2, 0.25) is 0 Å². The minimum atomic E-state index is -0.400. The third-order valence-electron chi connectivity index (χ3n) is 3.53. The van der Waals surface area contributed by atoms with Gasteiger partial charge in [-0.15, -0.1) is 0 Å². The first-order valence-electron chi connectivity index (χ1n) is 7.45. The van der Waals surface area contributed by atoms with Crippen molar-refractivity contribution >= 4 is 11.6 Å². The van der Waals surface area contributed by atoms with Gasteiger partial charge in [-0.2, -0.15) is 0 Å². The summed E-state index contributed by atoms with van der Waals surface area (Å²) in [7, 11) is 0. The number of likely N-dealkylation sites (N-methyl/N-ethyl adjacent to an activating group) is 1. The quantitative estimate of drug-likeness (QED) is 0.887. The summed E-state index contributed by atoms with van der Waals surface area (Å²) < 4.78 is 13.1. The van der Waals surface area contributed by atoms with Gasteiger partial charge in [-0.3, -0.25) is 4.79 Å². The van der Waals surface area contributed by atoms with Gasteiger partial charge < -0.3 is 10.2 Å². The molecule has 0 aliphatic heterocycles. The van der Waals surface area contributed by atoms with Gasteiger partial charge in [0, 0.05) is 30.9 Å². The Balaban J connectivity index is 1.88. The van der Waals surface area contributed by atoms with E-state index >= 15 is 0 Å². The van der Waals surface area contributed by atoms with E-state index in [0.717, 1.165) is 12.2 Å². The lowest BCUT2D eigenvalue weighted by atomic mass is 10.2. The molecule has 0 atom stereocenters. The molecule has 22 heavy (non-hydrogen) atoms. The standard InChI is InChI=1S/C18H21FN2O/c1-3-21(17-9-7-14(2)8-10-17)12-11-20-18(22)15-5-4-6-16(19)13-15/h4-10,13H,3,11-12H2,1-2H3,(H,20,22). The summed E-state index contributed by atoms with van der Waals surface area (Å²) in [6.07, 6.45) is 0. The predicted molar refractivity (Wildman–Crippen MR) is 87.8 cm³/mol. The second-order valence-corrected chi connectivity index (χ2v) is 5.18. The molecule has 0 unspecified atom stereocenters. The highest BCUT2D eigenvalue weighted by Gasteiger charge is 2.08. The Morgan fingerprint density at radius 3 is 2.55 bits per heavy atom. The zero-order valence-corrected chi connectivity index (χ0v) is 13.0. The Morgan fingerprint density at radius 1 is 1.18 bits per heavy atom. The van der Waals surface area contributed by atoms with Gasteiger partial charge in [0.25, 0.3) is 5.91 Å². The Labute approximate surface area is 130 Å². The maximum atomic E-state index is 13.1. The minimum absolute atomic E-state index is 0.251. The van der Waals surface area contributed by atoms with E-state index in [1.807, 2.05) is 0 Å². The van der Waals surface area contributed by atoms with E-state index in [9.17, 15) is 9.18 Å². The smallest absolute Gasteiger partial charge is 0.251 e. The molecule has 0 aromatic heterocycles. The van der Waals surface area contributed by atoms with E-state index in [1.165, 1.54) is 23.8 Å². The van der Waals surface area contributed by atoms with Crippen LogP contribution in [0.5, 0.6) is 0 Å². The summed E-state index contributed by atoms with van der Waals surface area (Å²) >= 11 is 0. The highest BCUT2D eigenvalue weighted by Crippen LogP contribution is 2.14. The molecule has 0 heterocycles. The maximum Gasteiger partial charge on any atom is 0.251 e. The van der Waals surface area contributed by atoms with Crippen LogP contribution in [0.3, 0.4) is 0 Å². The zero-order valence-electron chi connectivity index (χ0n) is 13.0. The van der Waals surface area contributed by atoms with Crippen LogP contribution in [0, 0.1) is 12.7 Å². The number of benzene rings is 2. The SMILES string of the molecule is CCN(CCNC(=O)c1cccc(F)c1)c1ccc(C)cc1. The summed E-state index contributed by atoms with van der Waals surface area (Å²) in [5, 5.41) is 2.82. The average Bonchev–Trinajstić information content (AvgIpc) is 2.52. The normalized spacial score (nSPS) is 10.3. The molecule has 0 fully saturated rings. The van der Waals surface area contributed by atoms with Gasteiger partial charge in [-0.25, -0.2) is 4.39 Å². The summed E-state index contributed by atoms with van der Waals surface area (Å²) in [5.41, 5.74) is 2.70. The van der Waals surface area contributed by atoms with Crippen LogP contribution in [-0.2, 0) is 0 Å². The van der Waals surface area contributed by atoms with Crippen molar-refractivity contribution in [3.05, 3.63) is 65.5 Å². The van der Waals surface area contributed by atoms with Crippen LogP contribution in [0.1, 0.15) is 22.8 Å². The number of aryl methyl sites for hydroxylation is 1. The van der Waals surface area contributed by atoms with Crippen LogP contribution in [-0.4, -0.2) is 25.5 Å². The lowest BCUT2D eigenvalue weighted by Gasteiger charge is -2.23. The van der Waals surface area contributed by atoms with Crippen LogP contribution in [0.25, 0.3) is 0 Å². The Bertz CT molecular complexity index is 625. The van der Waals surface area contributed by atoms with E-state index in [2.05, 4.69) is 48.3 Å². The molecule has 4 heteroatoms. The number of nitrogens with zero attached hydrogens (tertiary/aromatic N) is 1. The molecule has 0 saturated carbocycles. The number of amides is 1. The van der Waals surface area contributed by atoms with Crippen molar-refractivity contribution in [2.75, 3.05) is 24.5 Å². The molecule has 3 nitrogen and oxygen atoms in total. The molecular formula is C18H21FN2O. The first kappa shape index (κ1) is 16.0. The van der Waals surface area contributed by atoms with Gasteiger partial charge in [-0.05, 0) is 44.2 Å². The molecular weight excluding hydrogens is 279 g/mol. The number of hydrogen-bond acceptors (Lipinski definition) is 2. The lowest BCUT2D eigenvalue weighted by molar-refractivity contribution is 0.0954. The van der Waals surface area contributed by atoms with Crippen molar-refractivity contribution in [3.63, 3.8) is 0 Å². The highest BCUT2D eigenvalue weighted by atomic mass is 19.1. The first-order valence-corrected chi connectivity index (χ1v) is 7.45. The van der Waals surface area contributed by atoms with Crippen molar-refractivity contribution in [1.82, 2.24) is 5.32 Å². The minimum Gasteiger partial charge on any atom is -0.370 e. The first-order chi connectivity index (χ1) is 10.6. The van der Waals surface area contributed by atoms with Crippen LogP contribution in [0.4, 0.5) is 10.1 Å². The Kier molecular flexibility index (Phi) is 5.53. The molecule has 2 aromatic rings. The number of hydrogen-bond donors (Lipinski definition) is 1. The summed E-state index contributed by atoms with van der Waals surface area (Å²) in [4.78, 5) is 14.1. The number of halogens is 1. The monoisotopic (exact) mass is 300 g/mol. The van der Waals surface area contributed by atoms with E-state index in [0.29, 0.717) is 18.7 Å². The Hall–Kier alpha value is -2.36. The zero-order chi connectivity index (χ0) is 15.9. The van der Waals surface area contributed by atoms with Crippen LogP contribution < -0.4 is 10.2 Å². The molecule has 2 aromatic carbocycles. The second-order valence-electron chi connectivity index (χ2n) is 5.18. The molecule has 1 amide bonds. The van der Waals surface area contributed by atoms with E-state index in [4.69, 9.17) is 0 Å². The molecule has 0 saturated heterocycles. The van der Waals surface area contributed by atoms with Crippen molar-refractivity contribution in [1.29, 1.82) is 0 Å². The topological polar surface area (TPSA) is 32.3 Å². The molecule has 0 radical (unpaired) electrons. The van der Waals surface area contributed by atoms with Gasteiger partial charge in [-0.1, -0.05) is 23.8 Å². The highest BCUT2D eigenvalue weighted by molar-refractivity contribution is 5.94. The largest absolute Gasteiger partial charge is 0.370 e. The van der Waals surface area contributed by atoms with Crippen molar-refractivity contribution in [2.45, 2.75) is 13.8 Å². The summed E-state index contributed by atoms with van der Waals surface area (Å²) in [6.45, 7) is 6.21. The Morgan fingerprint density at radius 2 is 1.91 bits per heavy atom. The van der Waals surface area contributed by atoms with Crippen molar-refractivity contribution in [3.8, 4) is 0 Å². The fraction of sp³-hybridized carbons (Fsp3) is 0.278. The van der Waals surface area contributed by atoms with Gasteiger partial charge >= 0.3 is 0 Å².